The Hall–Kier alpha value is -0.570. The van der Waals surface area contributed by atoms with Gasteiger partial charge in [0.25, 0.3) is 0 Å². The summed E-state index contributed by atoms with van der Waals surface area (Å²) >= 11 is 0. The third-order valence-electron chi connectivity index (χ3n) is 2.98. The van der Waals surface area contributed by atoms with Gasteiger partial charge in [0, 0.05) is 6.04 Å². The summed E-state index contributed by atoms with van der Waals surface area (Å²) in [4.78, 5) is 10.3. The molecule has 3 nitrogen and oxygen atoms in total. The molecule has 0 bridgehead atoms. The van der Waals surface area contributed by atoms with Crippen LogP contribution in [0.3, 0.4) is 0 Å². The maximum Gasteiger partial charge on any atom is 0.317 e. The predicted molar refractivity (Wildman–Crippen MR) is 47.0 cm³/mol. The Morgan fingerprint density at radius 2 is 2.17 bits per heavy atom. The molecule has 0 aliphatic heterocycles. The van der Waals surface area contributed by atoms with E-state index in [1.165, 1.54) is 6.42 Å². The van der Waals surface area contributed by atoms with E-state index < -0.39 is 5.97 Å². The van der Waals surface area contributed by atoms with Crippen LogP contribution in [0.4, 0.5) is 0 Å². The van der Waals surface area contributed by atoms with E-state index in [1.807, 2.05) is 0 Å². The molecule has 0 heterocycles. The van der Waals surface area contributed by atoms with Crippen molar-refractivity contribution in [2.24, 2.45) is 11.8 Å². The van der Waals surface area contributed by atoms with Crippen molar-refractivity contribution in [2.45, 2.75) is 32.7 Å². The fourth-order valence-corrected chi connectivity index (χ4v) is 1.87. The molecule has 1 aliphatic carbocycles. The number of nitrogens with one attached hydrogen (secondary N) is 1. The Bertz CT molecular complexity index is 170. The molecule has 1 aliphatic rings. The molecule has 2 N–H and O–H groups in total. The van der Waals surface area contributed by atoms with Gasteiger partial charge in [0.2, 0.25) is 0 Å². The molecule has 3 heteroatoms. The highest BCUT2D eigenvalue weighted by molar-refractivity contribution is 5.69. The number of carboxylic acids is 1. The fourth-order valence-electron chi connectivity index (χ4n) is 1.87. The summed E-state index contributed by atoms with van der Waals surface area (Å²) in [7, 11) is 0. The van der Waals surface area contributed by atoms with E-state index in [0.29, 0.717) is 12.0 Å². The SMILES string of the molecule is CC1CCC(NCC(=O)O)C1C. The van der Waals surface area contributed by atoms with Crippen molar-refractivity contribution >= 4 is 5.97 Å². The Labute approximate surface area is 73.2 Å². The Balaban J connectivity index is 2.29. The lowest BCUT2D eigenvalue weighted by atomic mass is 9.98. The highest BCUT2D eigenvalue weighted by atomic mass is 16.4. The Kier molecular flexibility index (Phi) is 3.09. The Morgan fingerprint density at radius 1 is 1.50 bits per heavy atom. The second-order valence-corrected chi connectivity index (χ2v) is 3.79. The third-order valence-corrected chi connectivity index (χ3v) is 2.98. The molecular formula is C9H17NO2. The van der Waals surface area contributed by atoms with E-state index in [9.17, 15) is 4.79 Å². The summed E-state index contributed by atoms with van der Waals surface area (Å²) in [6.07, 6.45) is 2.34. The molecule has 0 saturated heterocycles. The third kappa shape index (κ3) is 2.21. The molecule has 1 rings (SSSR count). The summed E-state index contributed by atoms with van der Waals surface area (Å²) in [5.41, 5.74) is 0. The maximum absolute atomic E-state index is 10.3. The number of rotatable bonds is 3. The van der Waals surface area contributed by atoms with E-state index in [0.717, 1.165) is 12.3 Å². The van der Waals surface area contributed by atoms with Gasteiger partial charge in [-0.05, 0) is 24.7 Å². The normalized spacial score (nSPS) is 35.3. The van der Waals surface area contributed by atoms with Gasteiger partial charge in [0.1, 0.15) is 0 Å². The molecule has 1 fully saturated rings. The van der Waals surface area contributed by atoms with Crippen LogP contribution in [0.1, 0.15) is 26.7 Å². The smallest absolute Gasteiger partial charge is 0.317 e. The number of hydrogen-bond acceptors (Lipinski definition) is 2. The monoisotopic (exact) mass is 171 g/mol. The minimum atomic E-state index is -0.762. The number of aliphatic carboxylic acids is 1. The fraction of sp³-hybridized carbons (Fsp3) is 0.889. The minimum Gasteiger partial charge on any atom is -0.480 e. The van der Waals surface area contributed by atoms with Crippen LogP contribution < -0.4 is 5.32 Å². The summed E-state index contributed by atoms with van der Waals surface area (Å²) < 4.78 is 0. The van der Waals surface area contributed by atoms with Gasteiger partial charge in [-0.25, -0.2) is 0 Å². The number of carboxylic acid groups (broad SMARTS) is 1. The van der Waals surface area contributed by atoms with E-state index in [-0.39, 0.29) is 6.54 Å². The predicted octanol–water partition coefficient (Wildman–Crippen LogP) is 1.10. The van der Waals surface area contributed by atoms with Gasteiger partial charge in [-0.2, -0.15) is 0 Å². The van der Waals surface area contributed by atoms with Crippen molar-refractivity contribution in [2.75, 3.05) is 6.54 Å². The van der Waals surface area contributed by atoms with Crippen molar-refractivity contribution < 1.29 is 9.90 Å². The van der Waals surface area contributed by atoms with Gasteiger partial charge >= 0.3 is 5.97 Å². The number of carbonyl (C=O) groups is 1. The lowest BCUT2D eigenvalue weighted by molar-refractivity contribution is -0.136. The first-order valence-electron chi connectivity index (χ1n) is 4.56. The zero-order chi connectivity index (χ0) is 9.14. The first-order valence-corrected chi connectivity index (χ1v) is 4.56. The second kappa shape index (κ2) is 3.90. The molecule has 0 aromatic rings. The highest BCUT2D eigenvalue weighted by Gasteiger charge is 2.29. The standard InChI is InChI=1S/C9H17NO2/c1-6-3-4-8(7(6)2)10-5-9(11)12/h6-8,10H,3-5H2,1-2H3,(H,11,12). The summed E-state index contributed by atoms with van der Waals surface area (Å²) in [6.45, 7) is 4.52. The van der Waals surface area contributed by atoms with Crippen LogP contribution in [0.25, 0.3) is 0 Å². The van der Waals surface area contributed by atoms with Gasteiger partial charge < -0.3 is 10.4 Å². The lowest BCUT2D eigenvalue weighted by Crippen LogP contribution is -2.36. The zero-order valence-corrected chi connectivity index (χ0v) is 7.71. The van der Waals surface area contributed by atoms with Crippen LogP contribution >= 0.6 is 0 Å². The van der Waals surface area contributed by atoms with Crippen molar-refractivity contribution in [3.8, 4) is 0 Å². The first-order chi connectivity index (χ1) is 5.61. The van der Waals surface area contributed by atoms with Gasteiger partial charge in [-0.1, -0.05) is 13.8 Å². The van der Waals surface area contributed by atoms with Crippen LogP contribution in [0.2, 0.25) is 0 Å². The summed E-state index contributed by atoms with van der Waals surface area (Å²) in [5, 5.41) is 11.5. The first kappa shape index (κ1) is 9.52. The quantitative estimate of drug-likeness (QED) is 0.668. The molecular weight excluding hydrogens is 154 g/mol. The average Bonchev–Trinajstić information content (AvgIpc) is 2.30. The van der Waals surface area contributed by atoms with E-state index in [4.69, 9.17) is 5.11 Å². The summed E-state index contributed by atoms with van der Waals surface area (Å²) in [5.74, 6) is 0.586. The maximum atomic E-state index is 10.3. The highest BCUT2D eigenvalue weighted by Crippen LogP contribution is 2.30. The van der Waals surface area contributed by atoms with Crippen molar-refractivity contribution in [3.05, 3.63) is 0 Å². The van der Waals surface area contributed by atoms with Crippen LogP contribution in [0.15, 0.2) is 0 Å². The van der Waals surface area contributed by atoms with Crippen LogP contribution in [-0.4, -0.2) is 23.7 Å². The van der Waals surface area contributed by atoms with Crippen molar-refractivity contribution in [3.63, 3.8) is 0 Å². The Morgan fingerprint density at radius 3 is 2.58 bits per heavy atom. The molecule has 0 aromatic carbocycles. The van der Waals surface area contributed by atoms with Gasteiger partial charge in [0.15, 0.2) is 0 Å². The largest absolute Gasteiger partial charge is 0.480 e. The molecule has 0 radical (unpaired) electrons. The van der Waals surface area contributed by atoms with Crippen LogP contribution in [-0.2, 0) is 4.79 Å². The second-order valence-electron chi connectivity index (χ2n) is 3.79. The molecule has 12 heavy (non-hydrogen) atoms. The van der Waals surface area contributed by atoms with Gasteiger partial charge in [-0.3, -0.25) is 4.79 Å². The van der Waals surface area contributed by atoms with Gasteiger partial charge in [0.05, 0.1) is 6.54 Å². The molecule has 70 valence electrons. The topological polar surface area (TPSA) is 49.3 Å². The number of hydrogen-bond donors (Lipinski definition) is 2. The van der Waals surface area contributed by atoms with Crippen molar-refractivity contribution in [1.29, 1.82) is 0 Å². The van der Waals surface area contributed by atoms with E-state index in [2.05, 4.69) is 19.2 Å². The van der Waals surface area contributed by atoms with E-state index in [1.54, 1.807) is 0 Å². The lowest BCUT2D eigenvalue weighted by Gasteiger charge is -2.18. The molecule has 1 saturated carbocycles. The molecule has 3 unspecified atom stereocenters. The molecule has 3 atom stereocenters. The van der Waals surface area contributed by atoms with Gasteiger partial charge in [-0.15, -0.1) is 0 Å². The molecule has 0 aromatic heterocycles. The van der Waals surface area contributed by atoms with Crippen molar-refractivity contribution in [1.82, 2.24) is 5.32 Å². The van der Waals surface area contributed by atoms with Crippen LogP contribution in [0.5, 0.6) is 0 Å². The minimum absolute atomic E-state index is 0.0989. The van der Waals surface area contributed by atoms with E-state index >= 15 is 0 Å². The van der Waals surface area contributed by atoms with Crippen LogP contribution in [0, 0.1) is 11.8 Å². The summed E-state index contributed by atoms with van der Waals surface area (Å²) in [6, 6.07) is 0.413. The zero-order valence-electron chi connectivity index (χ0n) is 7.71. The average molecular weight is 171 g/mol. The molecule has 0 amide bonds. The molecule has 0 spiro atoms.